The van der Waals surface area contributed by atoms with Gasteiger partial charge in [0.05, 0.1) is 0 Å². The molecule has 2 aromatic carbocycles. The van der Waals surface area contributed by atoms with Gasteiger partial charge in [0.2, 0.25) is 11.7 Å². The zero-order chi connectivity index (χ0) is 20.2. The van der Waals surface area contributed by atoms with Gasteiger partial charge < -0.3 is 14.4 Å². The van der Waals surface area contributed by atoms with Crippen LogP contribution in [0.1, 0.15) is 5.56 Å². The summed E-state index contributed by atoms with van der Waals surface area (Å²) in [5.74, 6) is 0.131. The predicted molar refractivity (Wildman–Crippen MR) is 106 cm³/mol. The normalized spacial score (nSPS) is 10.8. The molecular formula is C21H16ClFN4O2. The molecule has 0 spiro atoms. The molecule has 0 unspecified atom stereocenters. The Hall–Kier alpha value is -3.45. The van der Waals surface area contributed by atoms with Crippen LogP contribution >= 0.6 is 11.6 Å². The van der Waals surface area contributed by atoms with Crippen molar-refractivity contribution in [2.45, 2.75) is 13.1 Å². The van der Waals surface area contributed by atoms with Gasteiger partial charge in [-0.05, 0) is 54.1 Å². The molecule has 8 heteroatoms. The van der Waals surface area contributed by atoms with E-state index >= 15 is 0 Å². The van der Waals surface area contributed by atoms with E-state index in [4.69, 9.17) is 16.1 Å². The molecule has 6 nitrogen and oxygen atoms in total. The van der Waals surface area contributed by atoms with Crippen molar-refractivity contribution in [2.24, 2.45) is 0 Å². The SMILES string of the molecule is O=C(Cn1cccc1-c1nc(-c2ccc(F)cc2)no1)NCc1ccc(Cl)cc1. The van der Waals surface area contributed by atoms with E-state index < -0.39 is 0 Å². The zero-order valence-corrected chi connectivity index (χ0v) is 15.9. The summed E-state index contributed by atoms with van der Waals surface area (Å²) < 4.78 is 20.1. The van der Waals surface area contributed by atoms with E-state index in [9.17, 15) is 9.18 Å². The fraction of sp³-hybridized carbons (Fsp3) is 0.0952. The number of halogens is 2. The van der Waals surface area contributed by atoms with Crippen LogP contribution in [0.3, 0.4) is 0 Å². The third-order valence-electron chi connectivity index (χ3n) is 4.29. The van der Waals surface area contributed by atoms with E-state index in [1.165, 1.54) is 12.1 Å². The van der Waals surface area contributed by atoms with Crippen molar-refractivity contribution in [3.8, 4) is 23.0 Å². The average molecular weight is 411 g/mol. The first kappa shape index (κ1) is 18.9. The molecule has 0 atom stereocenters. The number of benzene rings is 2. The summed E-state index contributed by atoms with van der Waals surface area (Å²) in [5, 5.41) is 7.46. The summed E-state index contributed by atoms with van der Waals surface area (Å²) in [5.41, 5.74) is 2.21. The number of amides is 1. The zero-order valence-electron chi connectivity index (χ0n) is 15.2. The second kappa shape index (κ2) is 8.28. The molecule has 1 N–H and O–H groups in total. The number of aromatic nitrogens is 3. The fourth-order valence-electron chi connectivity index (χ4n) is 2.80. The van der Waals surface area contributed by atoms with Crippen LogP contribution in [0.2, 0.25) is 5.02 Å². The van der Waals surface area contributed by atoms with Gasteiger partial charge in [-0.1, -0.05) is 28.9 Å². The molecule has 4 aromatic rings. The van der Waals surface area contributed by atoms with Crippen molar-refractivity contribution in [3.63, 3.8) is 0 Å². The van der Waals surface area contributed by atoms with Gasteiger partial charge in [-0.15, -0.1) is 0 Å². The molecule has 0 radical (unpaired) electrons. The highest BCUT2D eigenvalue weighted by Gasteiger charge is 2.15. The summed E-state index contributed by atoms with van der Waals surface area (Å²) in [4.78, 5) is 16.7. The highest BCUT2D eigenvalue weighted by molar-refractivity contribution is 6.30. The number of carbonyl (C=O) groups is 1. The summed E-state index contributed by atoms with van der Waals surface area (Å²) in [6.07, 6.45) is 1.76. The van der Waals surface area contributed by atoms with Gasteiger partial charge in [-0.3, -0.25) is 4.79 Å². The Kier molecular flexibility index (Phi) is 5.39. The van der Waals surface area contributed by atoms with Gasteiger partial charge in [-0.25, -0.2) is 4.39 Å². The monoisotopic (exact) mass is 410 g/mol. The third-order valence-corrected chi connectivity index (χ3v) is 4.55. The molecule has 0 aliphatic carbocycles. The minimum absolute atomic E-state index is 0.101. The second-order valence-corrected chi connectivity index (χ2v) is 6.79. The molecule has 4 rings (SSSR count). The average Bonchev–Trinajstić information content (AvgIpc) is 3.37. The molecule has 1 amide bonds. The van der Waals surface area contributed by atoms with Crippen molar-refractivity contribution in [2.75, 3.05) is 0 Å². The molecule has 0 bridgehead atoms. The molecule has 0 aliphatic rings. The number of hydrogen-bond donors (Lipinski definition) is 1. The van der Waals surface area contributed by atoms with Gasteiger partial charge >= 0.3 is 0 Å². The van der Waals surface area contributed by atoms with E-state index in [-0.39, 0.29) is 24.2 Å². The number of nitrogens with zero attached hydrogens (tertiary/aromatic N) is 3. The van der Waals surface area contributed by atoms with E-state index in [2.05, 4.69) is 15.5 Å². The second-order valence-electron chi connectivity index (χ2n) is 6.35. The molecule has 29 heavy (non-hydrogen) atoms. The molecule has 2 aromatic heterocycles. The highest BCUT2D eigenvalue weighted by Crippen LogP contribution is 2.23. The molecule has 0 saturated heterocycles. The van der Waals surface area contributed by atoms with Crippen molar-refractivity contribution in [1.29, 1.82) is 0 Å². The van der Waals surface area contributed by atoms with Crippen LogP contribution in [0, 0.1) is 5.82 Å². The third kappa shape index (κ3) is 4.52. The standard InChI is InChI=1S/C21H16ClFN4O2/c22-16-7-3-14(4-8-16)12-24-19(28)13-27-11-1-2-18(27)21-25-20(26-29-21)15-5-9-17(23)10-6-15/h1-11H,12-13H2,(H,24,28). The number of hydrogen-bond acceptors (Lipinski definition) is 4. The van der Waals surface area contributed by atoms with Crippen molar-refractivity contribution < 1.29 is 13.7 Å². The first-order valence-electron chi connectivity index (χ1n) is 8.85. The maximum Gasteiger partial charge on any atom is 0.274 e. The highest BCUT2D eigenvalue weighted by atomic mass is 35.5. The van der Waals surface area contributed by atoms with E-state index in [0.29, 0.717) is 28.6 Å². The smallest absolute Gasteiger partial charge is 0.274 e. The summed E-state index contributed by atoms with van der Waals surface area (Å²) in [7, 11) is 0. The van der Waals surface area contributed by atoms with Crippen LogP contribution in [-0.4, -0.2) is 20.6 Å². The van der Waals surface area contributed by atoms with Gasteiger partial charge in [0, 0.05) is 23.3 Å². The minimum atomic E-state index is -0.337. The fourth-order valence-corrected chi connectivity index (χ4v) is 2.93. The molecule has 0 saturated carbocycles. The Morgan fingerprint density at radius 2 is 1.86 bits per heavy atom. The summed E-state index contributed by atoms with van der Waals surface area (Å²) >= 11 is 5.87. The molecule has 146 valence electrons. The van der Waals surface area contributed by atoms with Crippen molar-refractivity contribution in [1.82, 2.24) is 20.0 Å². The lowest BCUT2D eigenvalue weighted by atomic mass is 10.2. The number of nitrogens with one attached hydrogen (secondary N) is 1. The maximum absolute atomic E-state index is 13.1. The van der Waals surface area contributed by atoms with E-state index in [1.54, 1.807) is 47.2 Å². The van der Waals surface area contributed by atoms with Crippen LogP contribution in [0.15, 0.2) is 71.4 Å². The minimum Gasteiger partial charge on any atom is -0.350 e. The number of rotatable bonds is 6. The summed E-state index contributed by atoms with van der Waals surface area (Å²) in [6.45, 7) is 0.506. The molecule has 0 aliphatic heterocycles. The lowest BCUT2D eigenvalue weighted by Crippen LogP contribution is -2.27. The molecule has 2 heterocycles. The van der Waals surface area contributed by atoms with Crippen LogP contribution in [0.4, 0.5) is 4.39 Å². The summed E-state index contributed by atoms with van der Waals surface area (Å²) in [6, 6.07) is 16.7. The number of carbonyl (C=O) groups excluding carboxylic acids is 1. The Labute approximate surface area is 170 Å². The molecule has 0 fully saturated rings. The van der Waals surface area contributed by atoms with Crippen LogP contribution in [-0.2, 0) is 17.9 Å². The van der Waals surface area contributed by atoms with Gasteiger partial charge in [0.1, 0.15) is 18.1 Å². The lowest BCUT2D eigenvalue weighted by Gasteiger charge is -2.08. The first-order valence-corrected chi connectivity index (χ1v) is 9.22. The van der Waals surface area contributed by atoms with Crippen molar-refractivity contribution >= 4 is 17.5 Å². The van der Waals surface area contributed by atoms with E-state index in [0.717, 1.165) is 5.56 Å². The van der Waals surface area contributed by atoms with Crippen LogP contribution in [0.25, 0.3) is 23.0 Å². The van der Waals surface area contributed by atoms with Gasteiger partial charge in [0.15, 0.2) is 0 Å². The Morgan fingerprint density at radius 3 is 2.62 bits per heavy atom. The topological polar surface area (TPSA) is 73.0 Å². The largest absolute Gasteiger partial charge is 0.350 e. The Balaban J connectivity index is 1.44. The van der Waals surface area contributed by atoms with Crippen LogP contribution in [0.5, 0.6) is 0 Å². The Morgan fingerprint density at radius 1 is 1.10 bits per heavy atom. The van der Waals surface area contributed by atoms with Crippen molar-refractivity contribution in [3.05, 3.63) is 83.3 Å². The van der Waals surface area contributed by atoms with E-state index in [1.807, 2.05) is 12.1 Å². The first-order chi connectivity index (χ1) is 14.1. The maximum atomic E-state index is 13.1. The molecular weight excluding hydrogens is 395 g/mol. The van der Waals surface area contributed by atoms with Gasteiger partial charge in [-0.2, -0.15) is 4.98 Å². The van der Waals surface area contributed by atoms with Crippen LogP contribution < -0.4 is 5.32 Å². The lowest BCUT2D eigenvalue weighted by molar-refractivity contribution is -0.121. The van der Waals surface area contributed by atoms with Gasteiger partial charge in [0.25, 0.3) is 5.89 Å². The quantitative estimate of drug-likeness (QED) is 0.514. The Bertz CT molecular complexity index is 1120. The predicted octanol–water partition coefficient (Wildman–Crippen LogP) is 4.31.